The molecule has 1 unspecified atom stereocenters. The molecule has 1 atom stereocenters. The van der Waals surface area contributed by atoms with E-state index in [9.17, 15) is 4.79 Å². The van der Waals surface area contributed by atoms with E-state index in [0.29, 0.717) is 6.54 Å². The summed E-state index contributed by atoms with van der Waals surface area (Å²) in [6, 6.07) is 7.68. The van der Waals surface area contributed by atoms with Crippen molar-refractivity contribution in [1.82, 2.24) is 14.9 Å². The van der Waals surface area contributed by atoms with Crippen molar-refractivity contribution < 1.29 is 4.79 Å². The number of amides is 1. The van der Waals surface area contributed by atoms with Gasteiger partial charge in [0.2, 0.25) is 5.91 Å². The van der Waals surface area contributed by atoms with Gasteiger partial charge in [0.25, 0.3) is 0 Å². The van der Waals surface area contributed by atoms with Crippen molar-refractivity contribution in [2.45, 2.75) is 6.92 Å². The van der Waals surface area contributed by atoms with Gasteiger partial charge in [-0.3, -0.25) is 4.79 Å². The lowest BCUT2D eigenvalue weighted by molar-refractivity contribution is -0.119. The quantitative estimate of drug-likeness (QED) is 0.857. The van der Waals surface area contributed by atoms with Gasteiger partial charge in [0.1, 0.15) is 0 Å². The summed E-state index contributed by atoms with van der Waals surface area (Å²) in [4.78, 5) is 15.9. The minimum atomic E-state index is -0.0677. The Morgan fingerprint density at radius 2 is 2.32 bits per heavy atom. The second kappa shape index (κ2) is 6.15. The third-order valence-electron chi connectivity index (χ3n) is 2.87. The molecule has 1 aromatic heterocycles. The fourth-order valence-electron chi connectivity index (χ4n) is 1.82. The lowest BCUT2D eigenvalue weighted by Gasteiger charge is -2.12. The zero-order valence-corrected chi connectivity index (χ0v) is 11.1. The second-order valence-electron chi connectivity index (χ2n) is 4.47. The number of nitrogens with zero attached hydrogens (tertiary/aromatic N) is 2. The summed E-state index contributed by atoms with van der Waals surface area (Å²) in [7, 11) is 1.84. The molecule has 0 aliphatic heterocycles. The van der Waals surface area contributed by atoms with Crippen LogP contribution in [0.3, 0.4) is 0 Å². The molecule has 5 nitrogen and oxygen atoms in total. The Hall–Kier alpha value is -2.14. The van der Waals surface area contributed by atoms with Crippen molar-refractivity contribution in [3.05, 3.63) is 43.0 Å². The van der Waals surface area contributed by atoms with Crippen LogP contribution in [0.1, 0.15) is 6.92 Å². The first-order valence-corrected chi connectivity index (χ1v) is 6.24. The van der Waals surface area contributed by atoms with E-state index in [1.54, 1.807) is 12.5 Å². The SMILES string of the molecule is CNCC(C)C(=O)Nc1cccc(-n2ccnc2)c1. The average molecular weight is 258 g/mol. The highest BCUT2D eigenvalue weighted by Crippen LogP contribution is 2.15. The van der Waals surface area contributed by atoms with E-state index in [1.165, 1.54) is 0 Å². The Kier molecular flexibility index (Phi) is 4.30. The Morgan fingerprint density at radius 1 is 1.47 bits per heavy atom. The van der Waals surface area contributed by atoms with Crippen molar-refractivity contribution in [3.8, 4) is 5.69 Å². The van der Waals surface area contributed by atoms with Gasteiger partial charge < -0.3 is 15.2 Å². The zero-order chi connectivity index (χ0) is 13.7. The Labute approximate surface area is 112 Å². The minimum absolute atomic E-state index is 0.0112. The molecule has 1 aromatic carbocycles. The van der Waals surface area contributed by atoms with Gasteiger partial charge >= 0.3 is 0 Å². The summed E-state index contributed by atoms with van der Waals surface area (Å²) in [5, 5.41) is 5.91. The number of rotatable bonds is 5. The van der Waals surface area contributed by atoms with Crippen LogP contribution in [0.5, 0.6) is 0 Å². The molecule has 5 heteroatoms. The molecule has 0 saturated heterocycles. The Morgan fingerprint density at radius 3 is 3.00 bits per heavy atom. The Bertz CT molecular complexity index is 536. The normalized spacial score (nSPS) is 12.1. The summed E-state index contributed by atoms with van der Waals surface area (Å²) >= 11 is 0. The largest absolute Gasteiger partial charge is 0.326 e. The number of nitrogens with one attached hydrogen (secondary N) is 2. The van der Waals surface area contributed by atoms with Gasteiger partial charge in [0, 0.05) is 36.2 Å². The first-order chi connectivity index (χ1) is 9.20. The molecule has 0 saturated carbocycles. The number of hydrogen-bond donors (Lipinski definition) is 2. The third-order valence-corrected chi connectivity index (χ3v) is 2.87. The van der Waals surface area contributed by atoms with Crippen LogP contribution in [0.25, 0.3) is 5.69 Å². The van der Waals surface area contributed by atoms with Gasteiger partial charge in [-0.05, 0) is 25.2 Å². The van der Waals surface area contributed by atoms with E-state index in [1.807, 2.05) is 49.0 Å². The van der Waals surface area contributed by atoms with Crippen LogP contribution in [0.15, 0.2) is 43.0 Å². The van der Waals surface area contributed by atoms with Crippen LogP contribution >= 0.6 is 0 Å². The fraction of sp³-hybridized carbons (Fsp3) is 0.286. The summed E-state index contributed by atoms with van der Waals surface area (Å²) in [6.45, 7) is 2.55. The highest BCUT2D eigenvalue weighted by Gasteiger charge is 2.11. The molecule has 0 spiro atoms. The minimum Gasteiger partial charge on any atom is -0.326 e. The van der Waals surface area contributed by atoms with E-state index in [4.69, 9.17) is 0 Å². The number of carbonyl (C=O) groups is 1. The van der Waals surface area contributed by atoms with Crippen molar-refractivity contribution in [2.75, 3.05) is 18.9 Å². The molecule has 2 N–H and O–H groups in total. The summed E-state index contributed by atoms with van der Waals surface area (Å²) in [5.41, 5.74) is 1.76. The van der Waals surface area contributed by atoms with E-state index < -0.39 is 0 Å². The highest BCUT2D eigenvalue weighted by molar-refractivity contribution is 5.92. The van der Waals surface area contributed by atoms with Crippen LogP contribution in [0.4, 0.5) is 5.69 Å². The summed E-state index contributed by atoms with van der Waals surface area (Å²) in [5.74, 6) is -0.0565. The molecule has 2 aromatic rings. The van der Waals surface area contributed by atoms with E-state index >= 15 is 0 Å². The monoisotopic (exact) mass is 258 g/mol. The van der Waals surface area contributed by atoms with Crippen LogP contribution in [0.2, 0.25) is 0 Å². The molecule has 2 rings (SSSR count). The van der Waals surface area contributed by atoms with Crippen LogP contribution < -0.4 is 10.6 Å². The number of anilines is 1. The molecule has 0 radical (unpaired) electrons. The summed E-state index contributed by atoms with van der Waals surface area (Å²) < 4.78 is 1.90. The predicted molar refractivity (Wildman–Crippen MR) is 75.3 cm³/mol. The van der Waals surface area contributed by atoms with Gasteiger partial charge in [-0.1, -0.05) is 13.0 Å². The first kappa shape index (κ1) is 13.3. The first-order valence-electron chi connectivity index (χ1n) is 6.24. The lowest BCUT2D eigenvalue weighted by atomic mass is 10.1. The lowest BCUT2D eigenvalue weighted by Crippen LogP contribution is -2.28. The van der Waals surface area contributed by atoms with Gasteiger partial charge in [0.05, 0.1) is 6.33 Å². The summed E-state index contributed by atoms with van der Waals surface area (Å²) in [6.07, 6.45) is 5.31. The van der Waals surface area contributed by atoms with E-state index in [2.05, 4.69) is 15.6 Å². The molecule has 0 fully saturated rings. The third kappa shape index (κ3) is 3.42. The number of imidazole rings is 1. The molecule has 100 valence electrons. The molecule has 0 aliphatic carbocycles. The zero-order valence-electron chi connectivity index (χ0n) is 11.1. The second-order valence-corrected chi connectivity index (χ2v) is 4.47. The van der Waals surface area contributed by atoms with Gasteiger partial charge in [0.15, 0.2) is 0 Å². The molecule has 0 aliphatic rings. The van der Waals surface area contributed by atoms with E-state index in [0.717, 1.165) is 11.4 Å². The molecule has 0 bridgehead atoms. The maximum Gasteiger partial charge on any atom is 0.228 e. The smallest absolute Gasteiger partial charge is 0.228 e. The Balaban J connectivity index is 2.09. The van der Waals surface area contributed by atoms with Crippen LogP contribution in [-0.4, -0.2) is 29.1 Å². The number of benzene rings is 1. The van der Waals surface area contributed by atoms with Crippen LogP contribution in [0, 0.1) is 5.92 Å². The van der Waals surface area contributed by atoms with E-state index in [-0.39, 0.29) is 11.8 Å². The van der Waals surface area contributed by atoms with Crippen molar-refractivity contribution in [2.24, 2.45) is 5.92 Å². The average Bonchev–Trinajstić information content (AvgIpc) is 2.93. The van der Waals surface area contributed by atoms with Gasteiger partial charge in [-0.15, -0.1) is 0 Å². The van der Waals surface area contributed by atoms with Gasteiger partial charge in [-0.25, -0.2) is 4.98 Å². The molecule has 19 heavy (non-hydrogen) atoms. The standard InChI is InChI=1S/C14H18N4O/c1-11(9-15-2)14(19)17-12-4-3-5-13(8-12)18-7-6-16-10-18/h3-8,10-11,15H,9H2,1-2H3,(H,17,19). The molecular formula is C14H18N4O. The molecule has 1 amide bonds. The van der Waals surface area contributed by atoms with Crippen molar-refractivity contribution >= 4 is 11.6 Å². The fourth-order valence-corrected chi connectivity index (χ4v) is 1.82. The molecular weight excluding hydrogens is 240 g/mol. The maximum atomic E-state index is 11.9. The number of hydrogen-bond acceptors (Lipinski definition) is 3. The highest BCUT2D eigenvalue weighted by atomic mass is 16.1. The number of aromatic nitrogens is 2. The maximum absolute atomic E-state index is 11.9. The topological polar surface area (TPSA) is 59.0 Å². The predicted octanol–water partition coefficient (Wildman–Crippen LogP) is 1.67. The number of carbonyl (C=O) groups excluding carboxylic acids is 1. The van der Waals surface area contributed by atoms with Crippen LogP contribution in [-0.2, 0) is 4.79 Å². The van der Waals surface area contributed by atoms with Crippen molar-refractivity contribution in [1.29, 1.82) is 0 Å². The van der Waals surface area contributed by atoms with Crippen molar-refractivity contribution in [3.63, 3.8) is 0 Å². The molecule has 1 heterocycles. The van der Waals surface area contributed by atoms with Gasteiger partial charge in [-0.2, -0.15) is 0 Å².